The normalized spacial score (nSPS) is 24.8. The van der Waals surface area contributed by atoms with E-state index in [0.717, 1.165) is 18.9 Å². The summed E-state index contributed by atoms with van der Waals surface area (Å²) in [7, 11) is 0. The highest BCUT2D eigenvalue weighted by molar-refractivity contribution is 6.30. The summed E-state index contributed by atoms with van der Waals surface area (Å²) in [5.41, 5.74) is 0.637. The van der Waals surface area contributed by atoms with Crippen molar-refractivity contribution >= 4 is 17.5 Å². The Bertz CT molecular complexity index is 754. The van der Waals surface area contributed by atoms with Crippen molar-refractivity contribution in [1.82, 2.24) is 15.2 Å². The zero-order valence-electron chi connectivity index (χ0n) is 13.8. The van der Waals surface area contributed by atoms with Crippen LogP contribution >= 0.6 is 11.6 Å². The Balaban J connectivity index is 1.38. The molecule has 6 heteroatoms. The predicted molar refractivity (Wildman–Crippen MR) is 96.2 cm³/mol. The van der Waals surface area contributed by atoms with E-state index in [4.69, 9.17) is 16.3 Å². The van der Waals surface area contributed by atoms with E-state index in [-0.39, 0.29) is 11.9 Å². The SMILES string of the molecule is O=C(N[C@@H]1C[C@@H]2CCN(C2)C1)c1ccc(Oc2cccnc2Cl)cc1. The zero-order chi connectivity index (χ0) is 17.2. The number of hydrogen-bond donors (Lipinski definition) is 1. The topological polar surface area (TPSA) is 54.5 Å². The molecule has 1 aromatic heterocycles. The van der Waals surface area contributed by atoms with Crippen LogP contribution in [-0.4, -0.2) is 41.5 Å². The van der Waals surface area contributed by atoms with Gasteiger partial charge in [-0.05, 0) is 61.7 Å². The number of aromatic nitrogens is 1. The van der Waals surface area contributed by atoms with Crippen molar-refractivity contribution in [3.05, 3.63) is 53.3 Å². The molecule has 130 valence electrons. The Hall–Kier alpha value is -2.11. The summed E-state index contributed by atoms with van der Waals surface area (Å²) >= 11 is 5.99. The van der Waals surface area contributed by atoms with Crippen LogP contribution in [0.25, 0.3) is 0 Å². The third-order valence-electron chi connectivity index (χ3n) is 4.87. The standard InChI is InChI=1S/C19H20ClN3O2/c20-18-17(2-1-8-21-18)25-16-5-3-14(4-6-16)19(24)22-15-10-13-7-9-23(11-13)12-15/h1-6,8,13,15H,7,9-12H2,(H,22,24)/t13-,15+/m0/s1. The number of pyridine rings is 1. The molecule has 0 radical (unpaired) electrons. The molecule has 3 atom stereocenters. The molecule has 2 bridgehead atoms. The summed E-state index contributed by atoms with van der Waals surface area (Å²) < 4.78 is 5.70. The van der Waals surface area contributed by atoms with Gasteiger partial charge < -0.3 is 15.0 Å². The molecule has 5 nitrogen and oxygen atoms in total. The van der Waals surface area contributed by atoms with Crippen LogP contribution in [0.2, 0.25) is 5.15 Å². The second-order valence-electron chi connectivity index (χ2n) is 6.74. The first-order valence-electron chi connectivity index (χ1n) is 8.59. The van der Waals surface area contributed by atoms with Crippen LogP contribution in [-0.2, 0) is 0 Å². The van der Waals surface area contributed by atoms with Gasteiger partial charge in [-0.25, -0.2) is 4.98 Å². The molecule has 25 heavy (non-hydrogen) atoms. The van der Waals surface area contributed by atoms with Gasteiger partial charge in [-0.1, -0.05) is 11.6 Å². The Morgan fingerprint density at radius 2 is 2.08 bits per heavy atom. The zero-order valence-corrected chi connectivity index (χ0v) is 14.6. The molecule has 2 saturated heterocycles. The van der Waals surface area contributed by atoms with Crippen LogP contribution in [0.4, 0.5) is 0 Å². The quantitative estimate of drug-likeness (QED) is 0.852. The van der Waals surface area contributed by atoms with Crippen molar-refractivity contribution in [2.24, 2.45) is 5.92 Å². The smallest absolute Gasteiger partial charge is 0.251 e. The van der Waals surface area contributed by atoms with E-state index in [1.165, 1.54) is 19.5 Å². The molecule has 1 aromatic carbocycles. The molecule has 4 rings (SSSR count). The van der Waals surface area contributed by atoms with Gasteiger partial charge in [-0.3, -0.25) is 4.79 Å². The van der Waals surface area contributed by atoms with Crippen molar-refractivity contribution < 1.29 is 9.53 Å². The van der Waals surface area contributed by atoms with Gasteiger partial charge in [0.25, 0.3) is 5.91 Å². The van der Waals surface area contributed by atoms with Crippen LogP contribution in [0, 0.1) is 5.92 Å². The van der Waals surface area contributed by atoms with Crippen LogP contribution < -0.4 is 10.1 Å². The number of piperidine rings is 1. The number of fused-ring (bicyclic) bond motifs is 2. The maximum atomic E-state index is 12.5. The summed E-state index contributed by atoms with van der Waals surface area (Å²) in [5.74, 6) is 1.82. The van der Waals surface area contributed by atoms with Gasteiger partial charge in [0.05, 0.1) is 0 Å². The number of amides is 1. The maximum Gasteiger partial charge on any atom is 0.251 e. The highest BCUT2D eigenvalue weighted by Crippen LogP contribution is 2.28. The Morgan fingerprint density at radius 3 is 2.84 bits per heavy atom. The lowest BCUT2D eigenvalue weighted by Gasteiger charge is -2.30. The average Bonchev–Trinajstić information content (AvgIpc) is 2.96. The van der Waals surface area contributed by atoms with Crippen molar-refractivity contribution in [3.63, 3.8) is 0 Å². The van der Waals surface area contributed by atoms with E-state index in [1.807, 2.05) is 0 Å². The van der Waals surface area contributed by atoms with Crippen molar-refractivity contribution in [2.45, 2.75) is 18.9 Å². The summed E-state index contributed by atoms with van der Waals surface area (Å²) in [6.45, 7) is 3.32. The third-order valence-corrected chi connectivity index (χ3v) is 5.15. The van der Waals surface area contributed by atoms with Crippen LogP contribution in [0.1, 0.15) is 23.2 Å². The van der Waals surface area contributed by atoms with E-state index >= 15 is 0 Å². The van der Waals surface area contributed by atoms with Crippen LogP contribution in [0.3, 0.4) is 0 Å². The number of ether oxygens (including phenoxy) is 1. The molecule has 0 aliphatic carbocycles. The number of halogens is 1. The molecule has 2 aromatic rings. The van der Waals surface area contributed by atoms with Gasteiger partial charge in [0.1, 0.15) is 5.75 Å². The van der Waals surface area contributed by atoms with Gasteiger partial charge in [0, 0.05) is 30.9 Å². The van der Waals surface area contributed by atoms with E-state index in [0.29, 0.717) is 22.2 Å². The maximum absolute atomic E-state index is 12.5. The van der Waals surface area contributed by atoms with Gasteiger partial charge in [-0.2, -0.15) is 0 Å². The van der Waals surface area contributed by atoms with Crippen LogP contribution in [0.5, 0.6) is 11.5 Å². The number of nitrogens with one attached hydrogen (secondary N) is 1. The van der Waals surface area contributed by atoms with E-state index in [1.54, 1.807) is 42.6 Å². The molecule has 0 saturated carbocycles. The van der Waals surface area contributed by atoms with Crippen molar-refractivity contribution in [3.8, 4) is 11.5 Å². The summed E-state index contributed by atoms with van der Waals surface area (Å²) in [6, 6.07) is 10.8. The fourth-order valence-electron chi connectivity index (χ4n) is 3.68. The lowest BCUT2D eigenvalue weighted by molar-refractivity contribution is 0.0909. The van der Waals surface area contributed by atoms with Gasteiger partial charge in [0.15, 0.2) is 10.9 Å². The fraction of sp³-hybridized carbons (Fsp3) is 0.368. The molecular weight excluding hydrogens is 338 g/mol. The highest BCUT2D eigenvalue weighted by Gasteiger charge is 2.32. The highest BCUT2D eigenvalue weighted by atomic mass is 35.5. The molecule has 0 spiro atoms. The van der Waals surface area contributed by atoms with E-state index in [2.05, 4.69) is 15.2 Å². The largest absolute Gasteiger partial charge is 0.454 e. The van der Waals surface area contributed by atoms with Crippen molar-refractivity contribution in [2.75, 3.05) is 19.6 Å². The Labute approximate surface area is 152 Å². The molecule has 2 aliphatic rings. The Kier molecular flexibility index (Phi) is 4.59. The van der Waals surface area contributed by atoms with Crippen LogP contribution in [0.15, 0.2) is 42.6 Å². The minimum Gasteiger partial charge on any atom is -0.454 e. The summed E-state index contributed by atoms with van der Waals surface area (Å²) in [5, 5.41) is 3.47. The molecule has 1 amide bonds. The van der Waals surface area contributed by atoms with E-state index in [9.17, 15) is 4.79 Å². The number of benzene rings is 1. The molecule has 2 aliphatic heterocycles. The first kappa shape index (κ1) is 16.4. The van der Waals surface area contributed by atoms with Gasteiger partial charge >= 0.3 is 0 Å². The van der Waals surface area contributed by atoms with E-state index < -0.39 is 0 Å². The fourth-order valence-corrected chi connectivity index (χ4v) is 3.84. The molecule has 3 heterocycles. The molecule has 2 fully saturated rings. The minimum absolute atomic E-state index is 0.0292. The second-order valence-corrected chi connectivity index (χ2v) is 7.10. The third kappa shape index (κ3) is 3.78. The summed E-state index contributed by atoms with van der Waals surface area (Å²) in [6.07, 6.45) is 3.95. The summed E-state index contributed by atoms with van der Waals surface area (Å²) in [4.78, 5) is 18.9. The number of carbonyl (C=O) groups is 1. The molecular formula is C19H20ClN3O2. The number of rotatable bonds is 4. The Morgan fingerprint density at radius 1 is 1.24 bits per heavy atom. The number of hydrogen-bond acceptors (Lipinski definition) is 4. The minimum atomic E-state index is -0.0292. The number of nitrogens with zero attached hydrogens (tertiary/aromatic N) is 2. The molecule has 1 N–H and O–H groups in total. The first-order chi connectivity index (χ1) is 12.2. The number of carbonyl (C=O) groups excluding carboxylic acids is 1. The monoisotopic (exact) mass is 357 g/mol. The lowest BCUT2D eigenvalue weighted by Crippen LogP contribution is -2.46. The second kappa shape index (κ2) is 7.02. The predicted octanol–water partition coefficient (Wildman–Crippen LogP) is 3.35. The molecule has 1 unspecified atom stereocenters. The average molecular weight is 358 g/mol. The van der Waals surface area contributed by atoms with Gasteiger partial charge in [-0.15, -0.1) is 0 Å². The lowest BCUT2D eigenvalue weighted by atomic mass is 9.96. The van der Waals surface area contributed by atoms with Crippen molar-refractivity contribution in [1.29, 1.82) is 0 Å². The van der Waals surface area contributed by atoms with Gasteiger partial charge in [0.2, 0.25) is 0 Å². The first-order valence-corrected chi connectivity index (χ1v) is 8.97.